The highest BCUT2D eigenvalue weighted by Gasteiger charge is 2.43. The van der Waals surface area contributed by atoms with Crippen LogP contribution < -0.4 is 5.73 Å². The second-order valence-electron chi connectivity index (χ2n) is 8.88. The molecule has 0 spiro atoms. The van der Waals surface area contributed by atoms with E-state index in [1.54, 1.807) is 6.92 Å². The van der Waals surface area contributed by atoms with Crippen molar-refractivity contribution in [1.82, 2.24) is 0 Å². The predicted molar refractivity (Wildman–Crippen MR) is 129 cm³/mol. The van der Waals surface area contributed by atoms with Gasteiger partial charge in [0.1, 0.15) is 17.2 Å². The highest BCUT2D eigenvalue weighted by Crippen LogP contribution is 2.45. The lowest BCUT2D eigenvalue weighted by Gasteiger charge is -2.26. The number of hydrogen-bond acceptors (Lipinski definition) is 5. The lowest BCUT2D eigenvalue weighted by atomic mass is 9.93. The summed E-state index contributed by atoms with van der Waals surface area (Å²) in [6.45, 7) is 1.62. The van der Waals surface area contributed by atoms with E-state index in [2.05, 4.69) is 5.16 Å². The fourth-order valence-corrected chi connectivity index (χ4v) is 5.87. The van der Waals surface area contributed by atoms with Gasteiger partial charge in [-0.15, -0.1) is 0 Å². The van der Waals surface area contributed by atoms with Crippen molar-refractivity contribution in [2.45, 2.75) is 36.4 Å². The summed E-state index contributed by atoms with van der Waals surface area (Å²) >= 11 is 0. The molecule has 3 N–H and O–H groups in total. The van der Waals surface area contributed by atoms with Crippen LogP contribution in [0.4, 0.5) is 17.6 Å². The lowest BCUT2D eigenvalue weighted by molar-refractivity contribution is -0.137. The van der Waals surface area contributed by atoms with Crippen LogP contribution in [0.25, 0.3) is 5.76 Å². The normalized spacial score (nSPS) is 18.7. The summed E-state index contributed by atoms with van der Waals surface area (Å²) in [5, 5.41) is 11.8. The number of ether oxygens (including phenoxy) is 1. The fourth-order valence-electron chi connectivity index (χ4n) is 4.19. The van der Waals surface area contributed by atoms with Crippen molar-refractivity contribution < 1.29 is 35.9 Å². The SMILES string of the molecule is CC1(Cc2cccc(C(F)(F)F)c2)CC(S(=O)(=O)c2ccc(F)cc2)=C(c2ccc(/C(N)=N/O)cc2)O1. The molecule has 4 rings (SSSR count). The summed E-state index contributed by atoms with van der Waals surface area (Å²) < 4.78 is 86.5. The summed E-state index contributed by atoms with van der Waals surface area (Å²) in [6.07, 6.45) is -4.68. The Kier molecular flexibility index (Phi) is 6.76. The molecule has 0 radical (unpaired) electrons. The van der Waals surface area contributed by atoms with Gasteiger partial charge in [-0.2, -0.15) is 13.2 Å². The smallest absolute Gasteiger partial charge is 0.416 e. The van der Waals surface area contributed by atoms with Gasteiger partial charge in [-0.25, -0.2) is 12.8 Å². The van der Waals surface area contributed by atoms with Crippen molar-refractivity contribution in [3.8, 4) is 0 Å². The van der Waals surface area contributed by atoms with Crippen LogP contribution in [0.3, 0.4) is 0 Å². The van der Waals surface area contributed by atoms with Crippen molar-refractivity contribution in [1.29, 1.82) is 0 Å². The fraction of sp³-hybridized carbons (Fsp3) is 0.192. The molecular formula is C26H22F4N2O4S. The Hall–Kier alpha value is -3.86. The molecule has 6 nitrogen and oxygen atoms in total. The first-order valence-corrected chi connectivity index (χ1v) is 12.5. The van der Waals surface area contributed by atoms with E-state index in [-0.39, 0.29) is 34.2 Å². The van der Waals surface area contributed by atoms with E-state index in [1.165, 1.54) is 36.4 Å². The maximum absolute atomic E-state index is 13.6. The Morgan fingerprint density at radius 2 is 1.73 bits per heavy atom. The highest BCUT2D eigenvalue weighted by atomic mass is 32.2. The summed E-state index contributed by atoms with van der Waals surface area (Å²) in [4.78, 5) is -0.244. The minimum atomic E-state index is -4.53. The van der Waals surface area contributed by atoms with Crippen LogP contribution in [0, 0.1) is 5.82 Å². The minimum Gasteiger partial charge on any atom is -0.485 e. The molecule has 0 fully saturated rings. The molecule has 3 aromatic rings. The van der Waals surface area contributed by atoms with Crippen LogP contribution in [0.1, 0.15) is 35.6 Å². The third kappa shape index (κ3) is 5.46. The van der Waals surface area contributed by atoms with Gasteiger partial charge in [-0.1, -0.05) is 47.6 Å². The zero-order valence-corrected chi connectivity index (χ0v) is 20.3. The molecule has 1 heterocycles. The van der Waals surface area contributed by atoms with Gasteiger partial charge in [0.15, 0.2) is 5.84 Å². The van der Waals surface area contributed by atoms with Gasteiger partial charge in [0.25, 0.3) is 0 Å². The molecule has 1 unspecified atom stereocenters. The highest BCUT2D eigenvalue weighted by molar-refractivity contribution is 7.95. The minimum absolute atomic E-state index is 0.00887. The Bertz CT molecular complexity index is 1480. The van der Waals surface area contributed by atoms with E-state index in [0.29, 0.717) is 16.7 Å². The van der Waals surface area contributed by atoms with Crippen molar-refractivity contribution in [3.63, 3.8) is 0 Å². The van der Waals surface area contributed by atoms with E-state index in [9.17, 15) is 26.0 Å². The molecule has 1 aliphatic rings. The molecule has 0 saturated carbocycles. The summed E-state index contributed by atoms with van der Waals surface area (Å²) in [5.41, 5.74) is 4.64. The van der Waals surface area contributed by atoms with Crippen molar-refractivity contribution in [2.24, 2.45) is 10.9 Å². The topological polar surface area (TPSA) is 102 Å². The molecule has 0 saturated heterocycles. The molecule has 1 atom stereocenters. The maximum atomic E-state index is 13.6. The first-order valence-electron chi connectivity index (χ1n) is 11.0. The third-order valence-electron chi connectivity index (χ3n) is 5.97. The van der Waals surface area contributed by atoms with E-state index in [0.717, 1.165) is 36.4 Å². The molecule has 1 aliphatic heterocycles. The largest absolute Gasteiger partial charge is 0.485 e. The van der Waals surface area contributed by atoms with Crippen LogP contribution in [0.5, 0.6) is 0 Å². The van der Waals surface area contributed by atoms with Crippen molar-refractivity contribution in [2.75, 3.05) is 0 Å². The third-order valence-corrected chi connectivity index (χ3v) is 7.84. The summed E-state index contributed by atoms with van der Waals surface area (Å²) in [6, 6.07) is 15.2. The molecule has 194 valence electrons. The Morgan fingerprint density at radius 1 is 1.08 bits per heavy atom. The first-order chi connectivity index (χ1) is 17.3. The number of amidine groups is 1. The number of alkyl halides is 3. The molecule has 3 aromatic carbocycles. The number of benzene rings is 3. The zero-order valence-electron chi connectivity index (χ0n) is 19.5. The quantitative estimate of drug-likeness (QED) is 0.109. The Labute approximate surface area is 210 Å². The number of hydrogen-bond donors (Lipinski definition) is 2. The standard InChI is InChI=1S/C26H22F4N2O4S/c1-25(14-16-3-2-4-19(13-16)26(28,29)30)15-22(37(34,35)21-11-9-20(27)10-12-21)23(36-25)17-5-7-18(8-6-17)24(31)32-33/h2-13,33H,14-15H2,1H3,(H2,31,32). The number of sulfone groups is 1. The number of oxime groups is 1. The van der Waals surface area contributed by atoms with Gasteiger partial charge in [0.05, 0.1) is 15.4 Å². The second kappa shape index (κ2) is 9.55. The zero-order chi connectivity index (χ0) is 27.0. The van der Waals surface area contributed by atoms with Crippen LogP contribution in [-0.2, 0) is 27.2 Å². The van der Waals surface area contributed by atoms with Gasteiger partial charge in [-0.05, 0) is 42.8 Å². The lowest BCUT2D eigenvalue weighted by Crippen LogP contribution is -2.28. The number of rotatable bonds is 6. The average molecular weight is 535 g/mol. The Morgan fingerprint density at radius 3 is 2.32 bits per heavy atom. The molecule has 0 bridgehead atoms. The van der Waals surface area contributed by atoms with Gasteiger partial charge in [-0.3, -0.25) is 0 Å². The monoisotopic (exact) mass is 534 g/mol. The first kappa shape index (κ1) is 26.2. The van der Waals surface area contributed by atoms with Crippen molar-refractivity contribution >= 4 is 21.4 Å². The van der Waals surface area contributed by atoms with Crippen LogP contribution in [-0.4, -0.2) is 25.1 Å². The summed E-state index contributed by atoms with van der Waals surface area (Å²) in [5.74, 6) is -0.741. The van der Waals surface area contributed by atoms with Crippen LogP contribution in [0.2, 0.25) is 0 Å². The Balaban J connectivity index is 1.76. The number of nitrogens with two attached hydrogens (primary N) is 1. The van der Waals surface area contributed by atoms with Gasteiger partial charge >= 0.3 is 6.18 Å². The molecule has 0 aliphatic carbocycles. The predicted octanol–water partition coefficient (Wildman–Crippen LogP) is 5.50. The molecule has 0 aromatic heterocycles. The van der Waals surface area contributed by atoms with Crippen LogP contribution >= 0.6 is 0 Å². The molecular weight excluding hydrogens is 512 g/mol. The average Bonchev–Trinajstić information content (AvgIpc) is 3.21. The van der Waals surface area contributed by atoms with Gasteiger partial charge < -0.3 is 15.7 Å². The van der Waals surface area contributed by atoms with E-state index in [1.807, 2.05) is 0 Å². The van der Waals surface area contributed by atoms with Gasteiger partial charge in [0, 0.05) is 24.0 Å². The van der Waals surface area contributed by atoms with E-state index >= 15 is 0 Å². The molecule has 11 heteroatoms. The second-order valence-corrected chi connectivity index (χ2v) is 10.8. The molecule has 37 heavy (non-hydrogen) atoms. The number of halogens is 4. The summed E-state index contributed by atoms with van der Waals surface area (Å²) in [7, 11) is -4.16. The maximum Gasteiger partial charge on any atom is 0.416 e. The van der Waals surface area contributed by atoms with E-state index < -0.39 is 33.0 Å². The van der Waals surface area contributed by atoms with Gasteiger partial charge in [0.2, 0.25) is 9.84 Å². The number of nitrogens with zero attached hydrogens (tertiary/aromatic N) is 1. The molecule has 0 amide bonds. The van der Waals surface area contributed by atoms with Crippen LogP contribution in [0.15, 0.2) is 87.8 Å². The van der Waals surface area contributed by atoms with Crippen molar-refractivity contribution in [3.05, 3.63) is 106 Å². The van der Waals surface area contributed by atoms with E-state index in [4.69, 9.17) is 15.7 Å².